The lowest BCUT2D eigenvalue weighted by Gasteiger charge is -2.24. The number of aromatic nitrogens is 1. The number of nitrogen functional groups attached to an aromatic ring is 1. The number of hydrogen-bond donors (Lipinski definition) is 1. The first kappa shape index (κ1) is 10.8. The molecule has 0 radical (unpaired) electrons. The Labute approximate surface area is 85.9 Å². The minimum absolute atomic E-state index is 0.773. The third kappa shape index (κ3) is 2.62. The molecule has 1 heterocycles. The highest BCUT2D eigenvalue weighted by molar-refractivity contribution is 5.65. The molecular formula is C11H19N3. The highest BCUT2D eigenvalue weighted by Crippen LogP contribution is 2.21. The molecule has 3 heteroatoms. The Morgan fingerprint density at radius 1 is 1.29 bits per heavy atom. The van der Waals surface area contributed by atoms with Gasteiger partial charge in [-0.05, 0) is 18.9 Å². The van der Waals surface area contributed by atoms with Gasteiger partial charge in [0.1, 0.15) is 0 Å². The smallest absolute Gasteiger partial charge is 0.0738 e. The molecule has 0 aromatic carbocycles. The third-order valence-electron chi connectivity index (χ3n) is 2.16. The molecule has 0 saturated heterocycles. The lowest BCUT2D eigenvalue weighted by Crippen LogP contribution is -2.25. The number of pyridine rings is 1. The van der Waals surface area contributed by atoms with E-state index in [1.807, 2.05) is 6.07 Å². The van der Waals surface area contributed by atoms with Crippen LogP contribution in [0, 0.1) is 0 Å². The van der Waals surface area contributed by atoms with E-state index in [1.165, 1.54) is 0 Å². The first-order valence-electron chi connectivity index (χ1n) is 5.24. The summed E-state index contributed by atoms with van der Waals surface area (Å²) in [6.07, 6.45) is 5.79. The lowest BCUT2D eigenvalue weighted by atomic mass is 10.2. The minimum Gasteiger partial charge on any atom is -0.396 e. The maximum Gasteiger partial charge on any atom is 0.0738 e. The van der Waals surface area contributed by atoms with Crippen LogP contribution in [-0.2, 0) is 0 Å². The summed E-state index contributed by atoms with van der Waals surface area (Å²) in [5.74, 6) is 0. The lowest BCUT2D eigenvalue weighted by molar-refractivity contribution is 0.745. The highest BCUT2D eigenvalue weighted by atomic mass is 15.1. The van der Waals surface area contributed by atoms with Gasteiger partial charge in [0.25, 0.3) is 0 Å². The van der Waals surface area contributed by atoms with Crippen molar-refractivity contribution in [3.8, 4) is 0 Å². The van der Waals surface area contributed by atoms with Crippen molar-refractivity contribution in [1.29, 1.82) is 0 Å². The van der Waals surface area contributed by atoms with Crippen molar-refractivity contribution < 1.29 is 0 Å². The van der Waals surface area contributed by atoms with Gasteiger partial charge in [0.05, 0.1) is 17.6 Å². The van der Waals surface area contributed by atoms with E-state index in [1.54, 1.807) is 12.4 Å². The predicted molar refractivity (Wildman–Crippen MR) is 61.4 cm³/mol. The van der Waals surface area contributed by atoms with Crippen molar-refractivity contribution >= 4 is 11.4 Å². The summed E-state index contributed by atoms with van der Waals surface area (Å²) in [6, 6.07) is 1.99. The van der Waals surface area contributed by atoms with E-state index >= 15 is 0 Å². The molecule has 0 atom stereocenters. The average molecular weight is 193 g/mol. The fraction of sp³-hybridized carbons (Fsp3) is 0.545. The van der Waals surface area contributed by atoms with Crippen LogP contribution >= 0.6 is 0 Å². The van der Waals surface area contributed by atoms with Crippen molar-refractivity contribution in [2.24, 2.45) is 0 Å². The predicted octanol–water partition coefficient (Wildman–Crippen LogP) is 2.29. The van der Waals surface area contributed by atoms with E-state index in [-0.39, 0.29) is 0 Å². The minimum atomic E-state index is 0.773. The standard InChI is InChI=1S/C11H19N3/c1-3-7-14(8-4-2)11-5-6-13-9-10(11)12/h5-6,9H,3-4,7-8,12H2,1-2H3. The Hall–Kier alpha value is -1.25. The molecule has 0 aliphatic heterocycles. The number of rotatable bonds is 5. The second-order valence-electron chi connectivity index (χ2n) is 3.42. The Kier molecular flexibility index (Phi) is 4.23. The molecule has 78 valence electrons. The molecule has 1 aromatic rings. The van der Waals surface area contributed by atoms with Gasteiger partial charge in [-0.1, -0.05) is 13.8 Å². The average Bonchev–Trinajstić information content (AvgIpc) is 2.18. The number of anilines is 2. The van der Waals surface area contributed by atoms with E-state index in [0.29, 0.717) is 0 Å². The van der Waals surface area contributed by atoms with Gasteiger partial charge in [0.2, 0.25) is 0 Å². The van der Waals surface area contributed by atoms with Crippen LogP contribution in [-0.4, -0.2) is 18.1 Å². The van der Waals surface area contributed by atoms with E-state index in [4.69, 9.17) is 5.73 Å². The molecule has 0 saturated carbocycles. The van der Waals surface area contributed by atoms with Gasteiger partial charge in [-0.15, -0.1) is 0 Å². The van der Waals surface area contributed by atoms with Crippen LogP contribution in [0.3, 0.4) is 0 Å². The van der Waals surface area contributed by atoms with Crippen LogP contribution in [0.1, 0.15) is 26.7 Å². The Bertz CT molecular complexity index is 267. The SMILES string of the molecule is CCCN(CCC)c1ccncc1N. The quantitative estimate of drug-likeness (QED) is 0.780. The second kappa shape index (κ2) is 5.47. The third-order valence-corrected chi connectivity index (χ3v) is 2.16. The Balaban J connectivity index is 2.81. The van der Waals surface area contributed by atoms with Gasteiger partial charge in [0.15, 0.2) is 0 Å². The fourth-order valence-corrected chi connectivity index (χ4v) is 1.58. The number of nitrogens with zero attached hydrogens (tertiary/aromatic N) is 2. The molecule has 0 unspecified atom stereocenters. The molecule has 0 aliphatic rings. The van der Waals surface area contributed by atoms with Crippen molar-refractivity contribution in [2.75, 3.05) is 23.7 Å². The zero-order chi connectivity index (χ0) is 10.4. The van der Waals surface area contributed by atoms with Crippen LogP contribution in [0.5, 0.6) is 0 Å². The van der Waals surface area contributed by atoms with Gasteiger partial charge in [-0.25, -0.2) is 0 Å². The molecule has 1 aromatic heterocycles. The van der Waals surface area contributed by atoms with Crippen LogP contribution in [0.4, 0.5) is 11.4 Å². The maximum atomic E-state index is 5.88. The van der Waals surface area contributed by atoms with Crippen LogP contribution in [0.25, 0.3) is 0 Å². The summed E-state index contributed by atoms with van der Waals surface area (Å²) in [5.41, 5.74) is 7.76. The van der Waals surface area contributed by atoms with Crippen LogP contribution in [0.2, 0.25) is 0 Å². The summed E-state index contributed by atoms with van der Waals surface area (Å²) < 4.78 is 0. The van der Waals surface area contributed by atoms with Crippen molar-refractivity contribution in [1.82, 2.24) is 4.98 Å². The molecule has 0 spiro atoms. The zero-order valence-electron chi connectivity index (χ0n) is 9.03. The van der Waals surface area contributed by atoms with E-state index in [9.17, 15) is 0 Å². The summed E-state index contributed by atoms with van der Waals surface area (Å²) in [5, 5.41) is 0. The van der Waals surface area contributed by atoms with Crippen LogP contribution < -0.4 is 10.6 Å². The molecule has 0 amide bonds. The molecule has 3 nitrogen and oxygen atoms in total. The molecule has 1 rings (SSSR count). The monoisotopic (exact) mass is 193 g/mol. The Morgan fingerprint density at radius 3 is 2.43 bits per heavy atom. The summed E-state index contributed by atoms with van der Waals surface area (Å²) >= 11 is 0. The normalized spacial score (nSPS) is 10.1. The van der Waals surface area contributed by atoms with Crippen LogP contribution in [0.15, 0.2) is 18.5 Å². The van der Waals surface area contributed by atoms with Gasteiger partial charge in [0, 0.05) is 19.3 Å². The van der Waals surface area contributed by atoms with E-state index < -0.39 is 0 Å². The van der Waals surface area contributed by atoms with E-state index in [2.05, 4.69) is 23.7 Å². The van der Waals surface area contributed by atoms with Gasteiger partial charge < -0.3 is 10.6 Å². The first-order valence-corrected chi connectivity index (χ1v) is 5.24. The van der Waals surface area contributed by atoms with Gasteiger partial charge in [-0.3, -0.25) is 4.98 Å². The highest BCUT2D eigenvalue weighted by Gasteiger charge is 2.06. The summed E-state index contributed by atoms with van der Waals surface area (Å²) in [4.78, 5) is 6.31. The molecule has 14 heavy (non-hydrogen) atoms. The Morgan fingerprint density at radius 2 is 1.93 bits per heavy atom. The van der Waals surface area contributed by atoms with Crippen molar-refractivity contribution in [3.05, 3.63) is 18.5 Å². The van der Waals surface area contributed by atoms with Gasteiger partial charge >= 0.3 is 0 Å². The largest absolute Gasteiger partial charge is 0.396 e. The van der Waals surface area contributed by atoms with Crippen molar-refractivity contribution in [3.63, 3.8) is 0 Å². The van der Waals surface area contributed by atoms with Gasteiger partial charge in [-0.2, -0.15) is 0 Å². The second-order valence-corrected chi connectivity index (χ2v) is 3.42. The molecule has 0 fully saturated rings. The number of hydrogen-bond acceptors (Lipinski definition) is 3. The molecular weight excluding hydrogens is 174 g/mol. The molecule has 0 bridgehead atoms. The summed E-state index contributed by atoms with van der Waals surface area (Å²) in [6.45, 7) is 6.48. The molecule has 0 aliphatic carbocycles. The topological polar surface area (TPSA) is 42.2 Å². The van der Waals surface area contributed by atoms with Crippen molar-refractivity contribution in [2.45, 2.75) is 26.7 Å². The first-order chi connectivity index (χ1) is 6.79. The molecule has 2 N–H and O–H groups in total. The van der Waals surface area contributed by atoms with E-state index in [0.717, 1.165) is 37.3 Å². The fourth-order valence-electron chi connectivity index (χ4n) is 1.58. The zero-order valence-corrected chi connectivity index (χ0v) is 9.03. The number of nitrogens with two attached hydrogens (primary N) is 1. The maximum absolute atomic E-state index is 5.88. The summed E-state index contributed by atoms with van der Waals surface area (Å²) in [7, 11) is 0.